The van der Waals surface area contributed by atoms with E-state index in [1.165, 1.54) is 11.1 Å². The summed E-state index contributed by atoms with van der Waals surface area (Å²) in [7, 11) is -1.87. The van der Waals surface area contributed by atoms with Crippen LogP contribution in [-0.2, 0) is 16.6 Å². The van der Waals surface area contributed by atoms with E-state index >= 15 is 0 Å². The van der Waals surface area contributed by atoms with Crippen molar-refractivity contribution in [2.45, 2.75) is 83.3 Å². The average molecular weight is 447 g/mol. The molecule has 2 aliphatic carbocycles. The third-order valence-electron chi connectivity index (χ3n) is 8.40. The van der Waals surface area contributed by atoms with Crippen LogP contribution in [0.3, 0.4) is 0 Å². The van der Waals surface area contributed by atoms with E-state index in [-0.39, 0.29) is 10.5 Å². The molecule has 2 aliphatic rings. The normalized spacial score (nSPS) is 24.8. The average Bonchev–Trinajstić information content (AvgIpc) is 2.74. The fourth-order valence-electron chi connectivity index (χ4n) is 5.42. The molecule has 0 radical (unpaired) electrons. The van der Waals surface area contributed by atoms with Gasteiger partial charge >= 0.3 is 0 Å². The van der Waals surface area contributed by atoms with Gasteiger partial charge in [-0.2, -0.15) is 0 Å². The molecule has 0 heterocycles. The summed E-state index contributed by atoms with van der Waals surface area (Å²) in [6.45, 7) is 13.8. The van der Waals surface area contributed by atoms with Gasteiger partial charge in [0.05, 0.1) is 0 Å². The number of Topliss-reactive ketones (excluding diaryl/α,β-unsaturated/α-hetero) is 1. The molecule has 0 aromatic heterocycles. The van der Waals surface area contributed by atoms with Crippen molar-refractivity contribution in [3.8, 4) is 5.75 Å². The van der Waals surface area contributed by atoms with Crippen molar-refractivity contribution in [3.63, 3.8) is 0 Å². The largest absolute Gasteiger partial charge is 0.543 e. The van der Waals surface area contributed by atoms with Crippen LogP contribution in [0.15, 0.2) is 54.1 Å². The lowest BCUT2D eigenvalue weighted by atomic mass is 9.55. The lowest BCUT2D eigenvalue weighted by Crippen LogP contribution is -2.45. The molecule has 0 bridgehead atoms. The number of aryl methyl sites for hydroxylation is 1. The number of hydrogen-bond acceptors (Lipinski definition) is 2. The first kappa shape index (κ1) is 23.0. The maximum absolute atomic E-state index is 13.0. The standard InChI is InChI=1S/C29H38O2Si/c1-7-29-20-23(17-21-11-9-8-10-12-21)27(30)19-24(29)14-13-22-18-25(15-16-26(22)29)31-32(5,6)28(2,3)4/h8-12,15-18,24H,7,13-14,19-20H2,1-6H3/b23-17-. The Hall–Kier alpha value is -2.13. The Kier molecular flexibility index (Phi) is 6.00. The van der Waals surface area contributed by atoms with Crippen LogP contribution in [0.5, 0.6) is 5.75 Å². The van der Waals surface area contributed by atoms with Crippen molar-refractivity contribution >= 4 is 20.2 Å². The lowest BCUT2D eigenvalue weighted by molar-refractivity contribution is -0.119. The Morgan fingerprint density at radius 2 is 1.84 bits per heavy atom. The zero-order valence-electron chi connectivity index (χ0n) is 20.6. The summed E-state index contributed by atoms with van der Waals surface area (Å²) in [4.78, 5) is 13.0. The van der Waals surface area contributed by atoms with E-state index in [2.05, 4.69) is 77.2 Å². The van der Waals surface area contributed by atoms with E-state index < -0.39 is 8.32 Å². The molecule has 0 amide bonds. The maximum Gasteiger partial charge on any atom is 0.250 e. The molecule has 32 heavy (non-hydrogen) atoms. The van der Waals surface area contributed by atoms with Crippen LogP contribution in [0, 0.1) is 5.92 Å². The number of fused-ring (bicyclic) bond motifs is 3. The van der Waals surface area contributed by atoms with Gasteiger partial charge in [0, 0.05) is 11.8 Å². The Balaban J connectivity index is 1.70. The maximum atomic E-state index is 13.0. The van der Waals surface area contributed by atoms with Gasteiger partial charge in [0.2, 0.25) is 8.32 Å². The fraction of sp³-hybridized carbons (Fsp3) is 0.483. The van der Waals surface area contributed by atoms with Crippen molar-refractivity contribution in [3.05, 3.63) is 70.8 Å². The molecule has 0 aliphatic heterocycles. The van der Waals surface area contributed by atoms with Crippen LogP contribution in [-0.4, -0.2) is 14.1 Å². The predicted octanol–water partition coefficient (Wildman–Crippen LogP) is 7.73. The van der Waals surface area contributed by atoms with Crippen molar-refractivity contribution in [2.24, 2.45) is 5.92 Å². The molecular formula is C29H38O2Si. The highest BCUT2D eigenvalue weighted by Crippen LogP contribution is 2.53. The summed E-state index contributed by atoms with van der Waals surface area (Å²) < 4.78 is 6.63. The van der Waals surface area contributed by atoms with E-state index in [1.54, 1.807) is 0 Å². The SMILES string of the molecule is CCC12C/C(=C/c3ccccc3)C(=O)CC1CCc1cc(O[Si](C)(C)C(C)(C)C)ccc12. The smallest absolute Gasteiger partial charge is 0.250 e. The van der Waals surface area contributed by atoms with Crippen LogP contribution >= 0.6 is 0 Å². The molecule has 1 saturated carbocycles. The van der Waals surface area contributed by atoms with Crippen LogP contribution in [0.1, 0.15) is 70.1 Å². The highest BCUT2D eigenvalue weighted by atomic mass is 28.4. The van der Waals surface area contributed by atoms with Gasteiger partial charge in [0.1, 0.15) is 5.75 Å². The van der Waals surface area contributed by atoms with Crippen LogP contribution in [0.4, 0.5) is 0 Å². The number of benzene rings is 2. The summed E-state index contributed by atoms with van der Waals surface area (Å²) in [5.74, 6) is 1.80. The number of hydrogen-bond donors (Lipinski definition) is 0. The molecule has 0 N–H and O–H groups in total. The second-order valence-corrected chi connectivity index (χ2v) is 16.0. The first-order valence-electron chi connectivity index (χ1n) is 12.2. The quantitative estimate of drug-likeness (QED) is 0.355. The molecule has 2 unspecified atom stereocenters. The zero-order chi connectivity index (χ0) is 23.1. The van der Waals surface area contributed by atoms with Gasteiger partial charge in [-0.25, -0.2) is 0 Å². The molecule has 2 aromatic rings. The third-order valence-corrected chi connectivity index (χ3v) is 12.8. The van der Waals surface area contributed by atoms with E-state index in [4.69, 9.17) is 4.43 Å². The van der Waals surface area contributed by atoms with Gasteiger partial charge in [-0.3, -0.25) is 4.79 Å². The molecule has 4 rings (SSSR count). The first-order chi connectivity index (χ1) is 15.1. The van der Waals surface area contributed by atoms with Crippen LogP contribution < -0.4 is 4.43 Å². The number of carbonyl (C=O) groups excluding carboxylic acids is 1. The molecule has 170 valence electrons. The van der Waals surface area contributed by atoms with Gasteiger partial charge in [-0.05, 0) is 90.2 Å². The second-order valence-electron chi connectivity index (χ2n) is 11.3. The second kappa shape index (κ2) is 8.33. The molecule has 0 saturated heterocycles. The summed E-state index contributed by atoms with van der Waals surface area (Å²) in [6.07, 6.45) is 6.84. The summed E-state index contributed by atoms with van der Waals surface area (Å²) in [5, 5.41) is 0.180. The van der Waals surface area contributed by atoms with E-state index in [9.17, 15) is 4.79 Å². The highest BCUT2D eigenvalue weighted by molar-refractivity contribution is 6.74. The van der Waals surface area contributed by atoms with Crippen LogP contribution in [0.2, 0.25) is 18.1 Å². The van der Waals surface area contributed by atoms with E-state index in [1.807, 2.05) is 18.2 Å². The number of ketones is 1. The minimum atomic E-state index is -1.87. The van der Waals surface area contributed by atoms with Gasteiger partial charge in [0.15, 0.2) is 5.78 Å². The third kappa shape index (κ3) is 4.12. The molecular weight excluding hydrogens is 408 g/mol. The number of carbonyl (C=O) groups is 1. The summed E-state index contributed by atoms with van der Waals surface area (Å²) >= 11 is 0. The fourth-order valence-corrected chi connectivity index (χ4v) is 6.44. The molecule has 1 fully saturated rings. The van der Waals surface area contributed by atoms with Gasteiger partial charge in [0.25, 0.3) is 0 Å². The Morgan fingerprint density at radius 1 is 1.12 bits per heavy atom. The van der Waals surface area contributed by atoms with Crippen molar-refractivity contribution in [1.82, 2.24) is 0 Å². The van der Waals surface area contributed by atoms with Gasteiger partial charge in [-0.15, -0.1) is 0 Å². The minimum Gasteiger partial charge on any atom is -0.543 e. The van der Waals surface area contributed by atoms with Crippen molar-refractivity contribution in [1.29, 1.82) is 0 Å². The van der Waals surface area contributed by atoms with Gasteiger partial charge < -0.3 is 4.43 Å². The Labute approximate surface area is 195 Å². The highest BCUT2D eigenvalue weighted by Gasteiger charge is 2.48. The van der Waals surface area contributed by atoms with E-state index in [0.717, 1.165) is 42.6 Å². The molecule has 2 aromatic carbocycles. The molecule has 2 nitrogen and oxygen atoms in total. The van der Waals surface area contributed by atoms with E-state index in [0.29, 0.717) is 18.1 Å². The minimum absolute atomic E-state index is 0.0532. The predicted molar refractivity (Wildman–Crippen MR) is 137 cm³/mol. The number of allylic oxidation sites excluding steroid dienone is 1. The van der Waals surface area contributed by atoms with Crippen molar-refractivity contribution < 1.29 is 9.22 Å². The number of rotatable bonds is 4. The summed E-state index contributed by atoms with van der Waals surface area (Å²) in [6, 6.07) is 17.1. The zero-order valence-corrected chi connectivity index (χ0v) is 21.6. The van der Waals surface area contributed by atoms with Crippen molar-refractivity contribution in [2.75, 3.05) is 0 Å². The molecule has 0 spiro atoms. The monoisotopic (exact) mass is 446 g/mol. The summed E-state index contributed by atoms with van der Waals surface area (Å²) in [5.41, 5.74) is 5.04. The van der Waals surface area contributed by atoms with Crippen LogP contribution in [0.25, 0.3) is 6.08 Å². The Bertz CT molecular complexity index is 1030. The topological polar surface area (TPSA) is 26.3 Å². The molecule has 3 heteroatoms. The molecule has 2 atom stereocenters. The van der Waals surface area contributed by atoms with Gasteiger partial charge in [-0.1, -0.05) is 64.1 Å². The lowest BCUT2D eigenvalue weighted by Gasteiger charge is -2.49. The first-order valence-corrected chi connectivity index (χ1v) is 15.1. The Morgan fingerprint density at radius 3 is 2.50 bits per heavy atom.